The minimum atomic E-state index is -2.85. The lowest BCUT2D eigenvalue weighted by molar-refractivity contribution is -0.0498. The Hall–Kier alpha value is -4.75. The topological polar surface area (TPSA) is 35.2 Å². The number of hydrogen-bond donors (Lipinski definition) is 0. The number of aromatic nitrogens is 3. The Labute approximate surface area is 263 Å². The maximum absolute atomic E-state index is 12.8. The Balaban J connectivity index is 1.42. The number of unbranched alkanes of at least 4 members (excludes halogenated alkanes) is 1. The van der Waals surface area contributed by atoms with Crippen LogP contribution in [0.3, 0.4) is 0 Å². The molecule has 7 heteroatoms. The molecule has 230 valence electrons. The molecule has 2 heterocycles. The molecule has 4 aromatic carbocycles. The van der Waals surface area contributed by atoms with Gasteiger partial charge in [0.2, 0.25) is 0 Å². The van der Waals surface area contributed by atoms with Gasteiger partial charge >= 0.3 is 6.61 Å². The van der Waals surface area contributed by atoms with Crippen LogP contribution in [0.5, 0.6) is 5.75 Å². The maximum Gasteiger partial charge on any atom is 0.387 e. The number of halogens is 2. The number of aryl methyl sites for hydroxylation is 1. The largest absolute Gasteiger partial charge is 0.435 e. The van der Waals surface area contributed by atoms with Gasteiger partial charge < -0.3 is 13.9 Å². The number of imidazole rings is 1. The van der Waals surface area contributed by atoms with Crippen LogP contribution in [0.4, 0.5) is 8.78 Å². The van der Waals surface area contributed by atoms with Gasteiger partial charge in [-0.05, 0) is 53.3 Å². The highest BCUT2D eigenvalue weighted by Crippen LogP contribution is 2.32. The predicted molar refractivity (Wildman–Crippen MR) is 177 cm³/mol. The molecule has 0 N–H and O–H groups in total. The average molecular weight is 605 g/mol. The first kappa shape index (κ1) is 30.3. The summed E-state index contributed by atoms with van der Waals surface area (Å²) in [5, 5.41) is 1.20. The van der Waals surface area contributed by atoms with E-state index in [9.17, 15) is 8.78 Å². The van der Waals surface area contributed by atoms with E-state index in [1.54, 1.807) is 12.1 Å². The highest BCUT2D eigenvalue weighted by Gasteiger charge is 2.22. The minimum absolute atomic E-state index is 0.159. The molecule has 0 saturated heterocycles. The van der Waals surface area contributed by atoms with Crippen molar-refractivity contribution < 1.29 is 13.5 Å². The number of alkyl halides is 2. The van der Waals surface area contributed by atoms with E-state index in [2.05, 4.69) is 112 Å². The van der Waals surface area contributed by atoms with E-state index in [4.69, 9.17) is 4.98 Å². The molecule has 0 unspecified atom stereocenters. The molecule has 0 saturated carbocycles. The number of ether oxygens (including phenoxy) is 1. The van der Waals surface area contributed by atoms with Crippen molar-refractivity contribution in [3.63, 3.8) is 0 Å². The fourth-order valence-corrected chi connectivity index (χ4v) is 5.94. The molecule has 0 aliphatic carbocycles. The Kier molecular flexibility index (Phi) is 9.36. The third-order valence-electron chi connectivity index (χ3n) is 8.17. The molecule has 0 spiro atoms. The molecule has 6 aromatic rings. The molecule has 6 rings (SSSR count). The van der Waals surface area contributed by atoms with E-state index < -0.39 is 6.61 Å². The summed E-state index contributed by atoms with van der Waals surface area (Å²) in [6.45, 7) is 2.20. The predicted octanol–water partition coefficient (Wildman–Crippen LogP) is 9.31. The van der Waals surface area contributed by atoms with Gasteiger partial charge in [0.15, 0.2) is 0 Å². The van der Waals surface area contributed by atoms with E-state index in [1.807, 2.05) is 24.3 Å². The summed E-state index contributed by atoms with van der Waals surface area (Å²) < 4.78 is 34.8. The quantitative estimate of drug-likeness (QED) is 0.132. The number of fused-ring (bicyclic) bond motifs is 1. The molecule has 0 aliphatic heterocycles. The zero-order chi connectivity index (χ0) is 31.2. The molecule has 0 atom stereocenters. The molecular formula is C38H38F2N4O. The third-order valence-corrected chi connectivity index (χ3v) is 8.17. The van der Waals surface area contributed by atoms with Crippen LogP contribution in [0.15, 0.2) is 115 Å². The van der Waals surface area contributed by atoms with Gasteiger partial charge in [0.05, 0.1) is 11.4 Å². The first-order chi connectivity index (χ1) is 22.0. The van der Waals surface area contributed by atoms with Crippen LogP contribution in [0, 0.1) is 0 Å². The second-order valence-electron chi connectivity index (χ2n) is 11.5. The van der Waals surface area contributed by atoms with E-state index >= 15 is 0 Å². The van der Waals surface area contributed by atoms with Gasteiger partial charge in [-0.1, -0.05) is 92.2 Å². The molecule has 0 amide bonds. The number of hydrogen-bond acceptors (Lipinski definition) is 3. The van der Waals surface area contributed by atoms with Crippen LogP contribution >= 0.6 is 0 Å². The van der Waals surface area contributed by atoms with E-state index in [0.717, 1.165) is 53.3 Å². The van der Waals surface area contributed by atoms with Gasteiger partial charge in [-0.25, -0.2) is 4.98 Å². The van der Waals surface area contributed by atoms with Crippen molar-refractivity contribution in [1.82, 2.24) is 19.0 Å². The third kappa shape index (κ3) is 7.15. The highest BCUT2D eigenvalue weighted by molar-refractivity contribution is 5.80. The van der Waals surface area contributed by atoms with Crippen LogP contribution in [0.1, 0.15) is 36.6 Å². The zero-order valence-electron chi connectivity index (χ0n) is 25.7. The standard InChI is InChI=1S/C38H38F2N4O/c1-3-4-22-44-35(36(30-11-7-5-8-12-30)41-37(44)31-13-9-6-10-14-31)27-43(25-28-15-18-33(19-16-28)45-38(39)40)26-29-17-20-34-32(24-29)21-23-42(34)2/h5-21,23-24,38H,3-4,22,25-27H2,1-2H3. The highest BCUT2D eigenvalue weighted by atomic mass is 19.3. The van der Waals surface area contributed by atoms with Gasteiger partial charge in [-0.2, -0.15) is 8.78 Å². The summed E-state index contributed by atoms with van der Waals surface area (Å²) in [6.07, 6.45) is 4.19. The minimum Gasteiger partial charge on any atom is -0.435 e. The van der Waals surface area contributed by atoms with Crippen molar-refractivity contribution >= 4 is 10.9 Å². The average Bonchev–Trinajstić information content (AvgIpc) is 3.61. The summed E-state index contributed by atoms with van der Waals surface area (Å²) in [5.74, 6) is 1.13. The van der Waals surface area contributed by atoms with Crippen molar-refractivity contribution in [2.75, 3.05) is 0 Å². The molecule has 0 radical (unpaired) electrons. The first-order valence-electron chi connectivity index (χ1n) is 15.5. The summed E-state index contributed by atoms with van der Waals surface area (Å²) in [6, 6.07) is 36.5. The molecular weight excluding hydrogens is 566 g/mol. The first-order valence-corrected chi connectivity index (χ1v) is 15.5. The van der Waals surface area contributed by atoms with Gasteiger partial charge in [0, 0.05) is 56.1 Å². The van der Waals surface area contributed by atoms with E-state index in [0.29, 0.717) is 19.6 Å². The van der Waals surface area contributed by atoms with Crippen molar-refractivity contribution in [2.24, 2.45) is 7.05 Å². The Morgan fingerprint density at radius 2 is 1.44 bits per heavy atom. The molecule has 0 fully saturated rings. The van der Waals surface area contributed by atoms with Gasteiger partial charge in [-0.15, -0.1) is 0 Å². The smallest absolute Gasteiger partial charge is 0.387 e. The summed E-state index contributed by atoms with van der Waals surface area (Å²) in [5.41, 5.74) is 7.72. The molecule has 0 bridgehead atoms. The normalized spacial score (nSPS) is 11.6. The Morgan fingerprint density at radius 1 is 0.778 bits per heavy atom. The fourth-order valence-electron chi connectivity index (χ4n) is 5.94. The van der Waals surface area contributed by atoms with Gasteiger partial charge in [0.25, 0.3) is 0 Å². The molecule has 5 nitrogen and oxygen atoms in total. The number of nitrogens with zero attached hydrogens (tertiary/aromatic N) is 4. The lowest BCUT2D eigenvalue weighted by Gasteiger charge is -2.25. The fraction of sp³-hybridized carbons (Fsp3) is 0.237. The number of rotatable bonds is 13. The lowest BCUT2D eigenvalue weighted by atomic mass is 10.1. The SMILES string of the molecule is CCCCn1c(-c2ccccc2)nc(-c2ccccc2)c1CN(Cc1ccc(OC(F)F)cc1)Cc1ccc2c(ccn2C)c1. The van der Waals surface area contributed by atoms with Gasteiger partial charge in [0.1, 0.15) is 11.6 Å². The second-order valence-corrected chi connectivity index (χ2v) is 11.5. The van der Waals surface area contributed by atoms with Gasteiger partial charge in [-0.3, -0.25) is 4.90 Å². The lowest BCUT2D eigenvalue weighted by Crippen LogP contribution is -2.24. The van der Waals surface area contributed by atoms with Crippen LogP contribution in [-0.4, -0.2) is 25.6 Å². The van der Waals surface area contributed by atoms with E-state index in [-0.39, 0.29) is 5.75 Å². The summed E-state index contributed by atoms with van der Waals surface area (Å²) >= 11 is 0. The van der Waals surface area contributed by atoms with Crippen molar-refractivity contribution in [1.29, 1.82) is 0 Å². The van der Waals surface area contributed by atoms with Crippen LogP contribution in [-0.2, 0) is 33.2 Å². The zero-order valence-corrected chi connectivity index (χ0v) is 25.7. The number of benzene rings is 4. The van der Waals surface area contributed by atoms with Crippen molar-refractivity contribution in [3.8, 4) is 28.4 Å². The van der Waals surface area contributed by atoms with Crippen molar-refractivity contribution in [2.45, 2.75) is 52.6 Å². The molecule has 0 aliphatic rings. The van der Waals surface area contributed by atoms with Crippen LogP contribution < -0.4 is 4.74 Å². The molecule has 45 heavy (non-hydrogen) atoms. The summed E-state index contributed by atoms with van der Waals surface area (Å²) in [7, 11) is 2.06. The van der Waals surface area contributed by atoms with E-state index in [1.165, 1.54) is 16.5 Å². The van der Waals surface area contributed by atoms with Crippen LogP contribution in [0.25, 0.3) is 33.5 Å². The molecule has 2 aromatic heterocycles. The van der Waals surface area contributed by atoms with Crippen molar-refractivity contribution in [3.05, 3.63) is 132 Å². The van der Waals surface area contributed by atoms with Crippen LogP contribution in [0.2, 0.25) is 0 Å². The Bertz CT molecular complexity index is 1830. The summed E-state index contributed by atoms with van der Waals surface area (Å²) in [4.78, 5) is 7.71. The Morgan fingerprint density at radius 3 is 2.13 bits per heavy atom. The second kappa shape index (κ2) is 13.9. The maximum atomic E-state index is 12.8. The monoisotopic (exact) mass is 604 g/mol.